The summed E-state index contributed by atoms with van der Waals surface area (Å²) in [5, 5.41) is 19.7. The molecule has 174 valence electrons. The first-order valence-corrected chi connectivity index (χ1v) is 9.64. The Kier molecular flexibility index (Phi) is 5.89. The molecule has 33 heavy (non-hydrogen) atoms. The number of carbonyl (C=O) groups is 2. The number of hydrogen-bond donors (Lipinski definition) is 2. The molecule has 0 radical (unpaired) electrons. The summed E-state index contributed by atoms with van der Waals surface area (Å²) in [5.74, 6) is -1.37. The largest absolute Gasteiger partial charge is 0.573 e. The topological polar surface area (TPSA) is 136 Å². The van der Waals surface area contributed by atoms with Gasteiger partial charge in [-0.1, -0.05) is 17.3 Å². The van der Waals surface area contributed by atoms with Gasteiger partial charge in [0.15, 0.2) is 5.76 Å². The molecule has 2 aromatic heterocycles. The minimum Gasteiger partial charge on any atom is -0.465 e. The van der Waals surface area contributed by atoms with Crippen LogP contribution >= 0.6 is 0 Å². The fraction of sp³-hybridized carbons (Fsp3) is 0.316. The second-order valence-electron chi connectivity index (χ2n) is 7.23. The van der Waals surface area contributed by atoms with Crippen molar-refractivity contribution in [2.75, 3.05) is 6.54 Å². The number of ether oxygens (including phenoxy) is 1. The van der Waals surface area contributed by atoms with Crippen LogP contribution in [0.5, 0.6) is 5.75 Å². The van der Waals surface area contributed by atoms with E-state index in [1.54, 1.807) is 6.20 Å². The van der Waals surface area contributed by atoms with Gasteiger partial charge in [0, 0.05) is 24.3 Å². The minimum atomic E-state index is -4.85. The minimum absolute atomic E-state index is 0.0603. The van der Waals surface area contributed by atoms with Crippen LogP contribution < -0.4 is 10.1 Å². The summed E-state index contributed by atoms with van der Waals surface area (Å²) in [7, 11) is 0. The molecule has 11 nitrogen and oxygen atoms in total. The summed E-state index contributed by atoms with van der Waals surface area (Å²) < 4.78 is 48.1. The number of rotatable bonds is 6. The van der Waals surface area contributed by atoms with Crippen LogP contribution in [0.4, 0.5) is 18.0 Å². The molecule has 2 atom stereocenters. The van der Waals surface area contributed by atoms with Crippen LogP contribution in [0.2, 0.25) is 0 Å². The van der Waals surface area contributed by atoms with Crippen molar-refractivity contribution < 1.29 is 37.0 Å². The van der Waals surface area contributed by atoms with E-state index in [1.165, 1.54) is 34.1 Å². The number of oxazole rings is 1. The Balaban J connectivity index is 1.42. The van der Waals surface area contributed by atoms with Crippen molar-refractivity contribution in [3.05, 3.63) is 48.7 Å². The summed E-state index contributed by atoms with van der Waals surface area (Å²) in [5.41, 5.74) is 0.231. The highest BCUT2D eigenvalue weighted by Gasteiger charge is 2.37. The van der Waals surface area contributed by atoms with Gasteiger partial charge in [-0.25, -0.2) is 9.78 Å². The summed E-state index contributed by atoms with van der Waals surface area (Å²) in [6.07, 6.45) is -1.35. The molecule has 1 aliphatic rings. The third-order valence-electron chi connectivity index (χ3n) is 4.92. The van der Waals surface area contributed by atoms with E-state index in [0.29, 0.717) is 6.42 Å². The average molecular weight is 466 g/mol. The first kappa shape index (κ1) is 22.1. The van der Waals surface area contributed by atoms with Gasteiger partial charge in [0.1, 0.15) is 5.75 Å². The van der Waals surface area contributed by atoms with E-state index in [1.807, 2.05) is 0 Å². The van der Waals surface area contributed by atoms with Crippen molar-refractivity contribution in [2.24, 2.45) is 0 Å². The molecule has 1 aliphatic heterocycles. The molecule has 14 heteroatoms. The standard InChI is InChI=1S/C19H17F3N6O5/c20-19(21,22)33-14-3-1-2-11(6-14)15-8-23-17(32-15)16(29)25-12-7-13(28(9-12)18(30)31)10-27-5-4-24-26-27/h1-6,8,12-13H,7,9-10H2,(H,25,29)(H,30,31)/t12-,13+/m1/s1. The highest BCUT2D eigenvalue weighted by molar-refractivity contribution is 5.90. The molecule has 2 amide bonds. The number of amides is 2. The summed E-state index contributed by atoms with van der Waals surface area (Å²) in [6, 6.07) is 4.12. The van der Waals surface area contributed by atoms with Crippen LogP contribution in [-0.2, 0) is 6.54 Å². The molecule has 4 rings (SSSR count). The lowest BCUT2D eigenvalue weighted by molar-refractivity contribution is -0.274. The predicted molar refractivity (Wildman–Crippen MR) is 103 cm³/mol. The molecular formula is C19H17F3N6O5. The highest BCUT2D eigenvalue weighted by atomic mass is 19.4. The van der Waals surface area contributed by atoms with Crippen LogP contribution in [0.15, 0.2) is 47.3 Å². The molecule has 0 spiro atoms. The maximum Gasteiger partial charge on any atom is 0.573 e. The van der Waals surface area contributed by atoms with Crippen molar-refractivity contribution in [3.63, 3.8) is 0 Å². The SMILES string of the molecule is O=C(N[C@@H]1C[C@@H](Cn2ccnn2)N(C(=O)O)C1)c1ncc(-c2cccc(OC(F)(F)F)c2)o1. The molecule has 1 saturated heterocycles. The Morgan fingerprint density at radius 1 is 1.33 bits per heavy atom. The molecule has 2 N–H and O–H groups in total. The second-order valence-corrected chi connectivity index (χ2v) is 7.23. The maximum absolute atomic E-state index is 12.6. The Hall–Kier alpha value is -4.10. The van der Waals surface area contributed by atoms with Gasteiger partial charge in [0.2, 0.25) is 0 Å². The molecule has 1 aromatic carbocycles. The molecule has 0 bridgehead atoms. The fourth-order valence-electron chi connectivity index (χ4n) is 3.58. The van der Waals surface area contributed by atoms with Crippen molar-refractivity contribution in [1.29, 1.82) is 0 Å². The van der Waals surface area contributed by atoms with Gasteiger partial charge in [-0.15, -0.1) is 18.3 Å². The van der Waals surface area contributed by atoms with Gasteiger partial charge in [-0.3, -0.25) is 9.48 Å². The van der Waals surface area contributed by atoms with Crippen molar-refractivity contribution >= 4 is 12.0 Å². The summed E-state index contributed by atoms with van der Waals surface area (Å²) >= 11 is 0. The van der Waals surface area contributed by atoms with E-state index < -0.39 is 36.2 Å². The Bertz CT molecular complexity index is 1130. The molecule has 0 aliphatic carbocycles. The zero-order chi connectivity index (χ0) is 23.6. The normalized spacial score (nSPS) is 18.3. The first-order chi connectivity index (χ1) is 15.7. The number of nitrogens with one attached hydrogen (secondary N) is 1. The number of carboxylic acid groups (broad SMARTS) is 1. The number of likely N-dealkylation sites (tertiary alicyclic amines) is 1. The molecule has 3 heterocycles. The van der Waals surface area contributed by atoms with E-state index in [2.05, 4.69) is 25.3 Å². The van der Waals surface area contributed by atoms with E-state index in [4.69, 9.17) is 4.42 Å². The lowest BCUT2D eigenvalue weighted by atomic mass is 10.1. The average Bonchev–Trinajstić information content (AvgIpc) is 3.48. The van der Waals surface area contributed by atoms with Crippen LogP contribution in [0.1, 0.15) is 17.1 Å². The van der Waals surface area contributed by atoms with Crippen LogP contribution in [0.25, 0.3) is 11.3 Å². The van der Waals surface area contributed by atoms with E-state index >= 15 is 0 Å². The van der Waals surface area contributed by atoms with Gasteiger partial charge in [0.05, 0.1) is 25.0 Å². The molecule has 0 saturated carbocycles. The fourth-order valence-corrected chi connectivity index (χ4v) is 3.58. The van der Waals surface area contributed by atoms with Crippen molar-refractivity contribution in [1.82, 2.24) is 30.2 Å². The summed E-state index contributed by atoms with van der Waals surface area (Å²) in [6.45, 7) is 0.336. The highest BCUT2D eigenvalue weighted by Crippen LogP contribution is 2.28. The number of halogens is 3. The van der Waals surface area contributed by atoms with Gasteiger partial charge in [-0.05, 0) is 18.6 Å². The van der Waals surface area contributed by atoms with Gasteiger partial charge >= 0.3 is 18.4 Å². The zero-order valence-electron chi connectivity index (χ0n) is 16.8. The van der Waals surface area contributed by atoms with Crippen molar-refractivity contribution in [2.45, 2.75) is 31.4 Å². The number of aromatic nitrogens is 4. The van der Waals surface area contributed by atoms with Gasteiger partial charge < -0.3 is 24.5 Å². The number of hydrogen-bond acceptors (Lipinski definition) is 7. The quantitative estimate of drug-likeness (QED) is 0.565. The number of carbonyl (C=O) groups excluding carboxylic acids is 1. The Morgan fingerprint density at radius 2 is 2.15 bits per heavy atom. The van der Waals surface area contributed by atoms with Crippen LogP contribution in [-0.4, -0.2) is 67.0 Å². The molecule has 1 fully saturated rings. The van der Waals surface area contributed by atoms with Crippen LogP contribution in [0.3, 0.4) is 0 Å². The molecule has 3 aromatic rings. The van der Waals surface area contributed by atoms with Gasteiger partial charge in [-0.2, -0.15) is 0 Å². The first-order valence-electron chi connectivity index (χ1n) is 9.64. The third-order valence-corrected chi connectivity index (χ3v) is 4.92. The van der Waals surface area contributed by atoms with Crippen LogP contribution in [0, 0.1) is 0 Å². The van der Waals surface area contributed by atoms with E-state index in [9.17, 15) is 27.9 Å². The van der Waals surface area contributed by atoms with E-state index in [-0.39, 0.29) is 30.3 Å². The number of benzene rings is 1. The molecule has 0 unspecified atom stereocenters. The molecular weight excluding hydrogens is 449 g/mol. The lowest BCUT2D eigenvalue weighted by Gasteiger charge is -2.20. The van der Waals surface area contributed by atoms with E-state index in [0.717, 1.165) is 12.1 Å². The number of alkyl halides is 3. The monoisotopic (exact) mass is 466 g/mol. The summed E-state index contributed by atoms with van der Waals surface area (Å²) in [4.78, 5) is 29.2. The van der Waals surface area contributed by atoms with Gasteiger partial charge in [0.25, 0.3) is 5.89 Å². The maximum atomic E-state index is 12.6. The zero-order valence-corrected chi connectivity index (χ0v) is 16.8. The smallest absolute Gasteiger partial charge is 0.465 e. The second kappa shape index (κ2) is 8.80. The lowest BCUT2D eigenvalue weighted by Crippen LogP contribution is -2.39. The van der Waals surface area contributed by atoms with Crippen molar-refractivity contribution in [3.8, 4) is 17.1 Å². The number of nitrogens with zero attached hydrogens (tertiary/aromatic N) is 5. The Labute approximate surface area is 183 Å². The third kappa shape index (κ3) is 5.39. The Morgan fingerprint density at radius 3 is 2.85 bits per heavy atom. The predicted octanol–water partition coefficient (Wildman–Crippen LogP) is 2.38.